The molecule has 0 atom stereocenters. The van der Waals surface area contributed by atoms with Crippen molar-refractivity contribution >= 4 is 17.5 Å². The van der Waals surface area contributed by atoms with Crippen LogP contribution in [0.4, 0.5) is 5.69 Å². The van der Waals surface area contributed by atoms with Gasteiger partial charge in [0.2, 0.25) is 5.91 Å². The Kier molecular flexibility index (Phi) is 3.68. The molecule has 0 radical (unpaired) electrons. The van der Waals surface area contributed by atoms with Gasteiger partial charge in [-0.3, -0.25) is 9.59 Å². The van der Waals surface area contributed by atoms with Gasteiger partial charge in [-0.15, -0.1) is 0 Å². The standard InChI is InChI=1S/C16H20N2O3/c1-21-16(7-2-8-16)10-17-15(20)12-3-5-13-11(9-12)4-6-14(19)18-13/h3,5,9H,2,4,6-8,10H2,1H3,(H,17,20)(H,18,19). The topological polar surface area (TPSA) is 67.4 Å². The third-order valence-corrected chi connectivity index (χ3v) is 4.53. The summed E-state index contributed by atoms with van der Waals surface area (Å²) in [5.74, 6) is -0.0512. The number of carbonyl (C=O) groups excluding carboxylic acids is 2. The molecular weight excluding hydrogens is 268 g/mol. The summed E-state index contributed by atoms with van der Waals surface area (Å²) in [4.78, 5) is 23.6. The first-order valence-corrected chi connectivity index (χ1v) is 7.38. The number of carbonyl (C=O) groups is 2. The van der Waals surface area contributed by atoms with Crippen molar-refractivity contribution in [2.24, 2.45) is 0 Å². The molecule has 3 rings (SSSR count). The maximum absolute atomic E-state index is 12.2. The minimum atomic E-state index is -0.169. The van der Waals surface area contributed by atoms with Gasteiger partial charge < -0.3 is 15.4 Å². The fourth-order valence-corrected chi connectivity index (χ4v) is 2.89. The van der Waals surface area contributed by atoms with Crippen LogP contribution in [0.1, 0.15) is 41.6 Å². The van der Waals surface area contributed by atoms with Crippen LogP contribution < -0.4 is 10.6 Å². The van der Waals surface area contributed by atoms with E-state index >= 15 is 0 Å². The summed E-state index contributed by atoms with van der Waals surface area (Å²) >= 11 is 0. The Hall–Kier alpha value is -1.88. The van der Waals surface area contributed by atoms with Crippen LogP contribution in [0.5, 0.6) is 0 Å². The van der Waals surface area contributed by atoms with E-state index in [1.807, 2.05) is 6.07 Å². The van der Waals surface area contributed by atoms with Crippen LogP contribution in [0.25, 0.3) is 0 Å². The third kappa shape index (κ3) is 2.78. The number of benzene rings is 1. The number of hydrogen-bond donors (Lipinski definition) is 2. The molecule has 1 aromatic rings. The Bertz CT molecular complexity index is 573. The van der Waals surface area contributed by atoms with Crippen LogP contribution in [0, 0.1) is 0 Å². The molecule has 5 heteroatoms. The number of nitrogens with one attached hydrogen (secondary N) is 2. The van der Waals surface area contributed by atoms with Crippen LogP contribution in [-0.4, -0.2) is 31.1 Å². The second-order valence-electron chi connectivity index (χ2n) is 5.84. The molecule has 1 heterocycles. The number of aryl methyl sites for hydroxylation is 1. The summed E-state index contributed by atoms with van der Waals surface area (Å²) in [5.41, 5.74) is 2.30. The van der Waals surface area contributed by atoms with Crippen molar-refractivity contribution in [2.45, 2.75) is 37.7 Å². The van der Waals surface area contributed by atoms with Gasteiger partial charge in [-0.2, -0.15) is 0 Å². The lowest BCUT2D eigenvalue weighted by atomic mass is 9.80. The van der Waals surface area contributed by atoms with Crippen molar-refractivity contribution in [3.8, 4) is 0 Å². The minimum Gasteiger partial charge on any atom is -0.376 e. The lowest BCUT2D eigenvalue weighted by molar-refractivity contribution is -0.116. The molecule has 112 valence electrons. The summed E-state index contributed by atoms with van der Waals surface area (Å²) < 4.78 is 5.50. The van der Waals surface area contributed by atoms with E-state index in [0.717, 1.165) is 30.5 Å². The fourth-order valence-electron chi connectivity index (χ4n) is 2.89. The third-order valence-electron chi connectivity index (χ3n) is 4.53. The highest BCUT2D eigenvalue weighted by molar-refractivity contribution is 5.97. The average molecular weight is 288 g/mol. The monoisotopic (exact) mass is 288 g/mol. The summed E-state index contributed by atoms with van der Waals surface area (Å²) in [6.07, 6.45) is 4.32. The Morgan fingerprint density at radius 1 is 1.38 bits per heavy atom. The SMILES string of the molecule is COC1(CNC(=O)c2ccc3c(c2)CCC(=O)N3)CCC1. The maximum atomic E-state index is 12.2. The molecular formula is C16H20N2O3. The van der Waals surface area contributed by atoms with E-state index in [1.165, 1.54) is 0 Å². The predicted molar refractivity (Wildman–Crippen MR) is 79.3 cm³/mol. The number of fused-ring (bicyclic) bond motifs is 1. The van der Waals surface area contributed by atoms with Gasteiger partial charge in [-0.1, -0.05) is 0 Å². The normalized spacial score (nSPS) is 19.2. The summed E-state index contributed by atoms with van der Waals surface area (Å²) in [7, 11) is 1.70. The molecule has 0 bridgehead atoms. The largest absolute Gasteiger partial charge is 0.376 e. The molecule has 2 amide bonds. The summed E-state index contributed by atoms with van der Waals surface area (Å²) in [6.45, 7) is 0.552. The van der Waals surface area contributed by atoms with E-state index in [4.69, 9.17) is 4.74 Å². The van der Waals surface area contributed by atoms with Crippen molar-refractivity contribution in [3.63, 3.8) is 0 Å². The van der Waals surface area contributed by atoms with Gasteiger partial charge in [0.1, 0.15) is 0 Å². The van der Waals surface area contributed by atoms with E-state index in [2.05, 4.69) is 10.6 Å². The first-order valence-electron chi connectivity index (χ1n) is 7.38. The number of rotatable bonds is 4. The van der Waals surface area contributed by atoms with Crippen molar-refractivity contribution in [1.29, 1.82) is 0 Å². The molecule has 5 nitrogen and oxygen atoms in total. The molecule has 0 saturated heterocycles. The second kappa shape index (κ2) is 5.48. The highest BCUT2D eigenvalue weighted by Crippen LogP contribution is 2.34. The van der Waals surface area contributed by atoms with Crippen LogP contribution in [-0.2, 0) is 16.0 Å². The van der Waals surface area contributed by atoms with E-state index in [1.54, 1.807) is 19.2 Å². The van der Waals surface area contributed by atoms with Gasteiger partial charge in [0.05, 0.1) is 5.60 Å². The Balaban J connectivity index is 1.66. The summed E-state index contributed by atoms with van der Waals surface area (Å²) in [6, 6.07) is 5.42. The first-order chi connectivity index (χ1) is 10.1. The van der Waals surface area contributed by atoms with Gasteiger partial charge in [0.15, 0.2) is 0 Å². The van der Waals surface area contributed by atoms with Crippen molar-refractivity contribution in [3.05, 3.63) is 29.3 Å². The van der Waals surface area contributed by atoms with Crippen LogP contribution in [0.2, 0.25) is 0 Å². The van der Waals surface area contributed by atoms with E-state index < -0.39 is 0 Å². The molecule has 2 N–H and O–H groups in total. The van der Waals surface area contributed by atoms with Crippen molar-refractivity contribution < 1.29 is 14.3 Å². The molecule has 1 saturated carbocycles. The highest BCUT2D eigenvalue weighted by atomic mass is 16.5. The molecule has 0 aromatic heterocycles. The van der Waals surface area contributed by atoms with Crippen LogP contribution in [0.15, 0.2) is 18.2 Å². The second-order valence-corrected chi connectivity index (χ2v) is 5.84. The number of amides is 2. The quantitative estimate of drug-likeness (QED) is 0.889. The van der Waals surface area contributed by atoms with Gasteiger partial charge in [-0.25, -0.2) is 0 Å². The zero-order chi connectivity index (χ0) is 14.9. The molecule has 0 spiro atoms. The average Bonchev–Trinajstić information content (AvgIpc) is 2.45. The number of methoxy groups -OCH3 is 1. The molecule has 1 fully saturated rings. The van der Waals surface area contributed by atoms with Gasteiger partial charge >= 0.3 is 0 Å². The predicted octanol–water partition coefficient (Wildman–Crippen LogP) is 1.87. The molecule has 0 unspecified atom stereocenters. The Labute approximate surface area is 124 Å². The highest BCUT2D eigenvalue weighted by Gasteiger charge is 2.37. The number of anilines is 1. The summed E-state index contributed by atoms with van der Waals surface area (Å²) in [5, 5.41) is 5.78. The lowest BCUT2D eigenvalue weighted by Gasteiger charge is -2.40. The smallest absolute Gasteiger partial charge is 0.251 e. The molecule has 2 aliphatic rings. The molecule has 21 heavy (non-hydrogen) atoms. The van der Waals surface area contributed by atoms with Crippen molar-refractivity contribution in [1.82, 2.24) is 5.32 Å². The number of hydrogen-bond acceptors (Lipinski definition) is 3. The molecule has 1 aromatic carbocycles. The van der Waals surface area contributed by atoms with Gasteiger partial charge in [0, 0.05) is 31.3 Å². The zero-order valence-corrected chi connectivity index (χ0v) is 12.2. The molecule has 1 aliphatic heterocycles. The van der Waals surface area contributed by atoms with Gasteiger partial charge in [-0.05, 0) is 49.4 Å². The Morgan fingerprint density at radius 2 is 2.19 bits per heavy atom. The lowest BCUT2D eigenvalue weighted by Crippen LogP contribution is -2.49. The zero-order valence-electron chi connectivity index (χ0n) is 12.2. The van der Waals surface area contributed by atoms with E-state index in [-0.39, 0.29) is 17.4 Å². The van der Waals surface area contributed by atoms with Crippen LogP contribution in [0.3, 0.4) is 0 Å². The maximum Gasteiger partial charge on any atom is 0.251 e. The van der Waals surface area contributed by atoms with E-state index in [0.29, 0.717) is 24.9 Å². The Morgan fingerprint density at radius 3 is 2.86 bits per heavy atom. The fraction of sp³-hybridized carbons (Fsp3) is 0.500. The minimum absolute atomic E-state index is 0.0340. The van der Waals surface area contributed by atoms with E-state index in [9.17, 15) is 9.59 Å². The number of ether oxygens (including phenoxy) is 1. The van der Waals surface area contributed by atoms with Crippen LogP contribution >= 0.6 is 0 Å². The van der Waals surface area contributed by atoms with Crippen molar-refractivity contribution in [2.75, 3.05) is 19.0 Å². The van der Waals surface area contributed by atoms with Gasteiger partial charge in [0.25, 0.3) is 5.91 Å². The first kappa shape index (κ1) is 14.1. The molecule has 1 aliphatic carbocycles.